The van der Waals surface area contributed by atoms with E-state index >= 15 is 0 Å². The number of fused-ring (bicyclic) bond motifs is 2. The van der Waals surface area contributed by atoms with Crippen LogP contribution in [0.2, 0.25) is 0 Å². The van der Waals surface area contributed by atoms with Crippen molar-refractivity contribution in [1.82, 2.24) is 9.97 Å². The van der Waals surface area contributed by atoms with E-state index in [4.69, 9.17) is 21.3 Å². The average molecular weight is 555 g/mol. The number of carbonyl (C=O) groups excluding carboxylic acids is 2. The lowest BCUT2D eigenvalue weighted by Crippen LogP contribution is -2.32. The number of aromatic nitrogens is 2. The third kappa shape index (κ3) is 5.63. The van der Waals surface area contributed by atoms with Crippen LogP contribution in [0.5, 0.6) is 0 Å². The van der Waals surface area contributed by atoms with Crippen LogP contribution in [0.15, 0.2) is 42.5 Å². The molecule has 0 saturated carbocycles. The molecule has 1 amide bonds. The van der Waals surface area contributed by atoms with Gasteiger partial charge in [-0.1, -0.05) is 35.6 Å². The number of unbranched alkanes of at least 4 members (excludes halogenated alkanes) is 1. The number of carbonyl (C=O) groups is 2. The van der Waals surface area contributed by atoms with Gasteiger partial charge in [-0.15, -0.1) is 22.9 Å². The molecule has 0 atom stereocenters. The van der Waals surface area contributed by atoms with Gasteiger partial charge in [-0.05, 0) is 61.9 Å². The molecule has 0 aliphatic carbocycles. The van der Waals surface area contributed by atoms with Crippen molar-refractivity contribution >= 4 is 66.6 Å². The van der Waals surface area contributed by atoms with Crippen molar-refractivity contribution < 1.29 is 14.3 Å². The zero-order valence-electron chi connectivity index (χ0n) is 20.5. The minimum Gasteiger partial charge on any atom is -0.461 e. The Kier molecular flexibility index (Phi) is 8.02. The van der Waals surface area contributed by atoms with Crippen LogP contribution >= 0.6 is 34.3 Å². The largest absolute Gasteiger partial charge is 0.461 e. The van der Waals surface area contributed by atoms with E-state index in [0.717, 1.165) is 63.6 Å². The summed E-state index contributed by atoms with van der Waals surface area (Å²) in [5.74, 6) is 0.0237. The summed E-state index contributed by atoms with van der Waals surface area (Å²) in [6, 6.07) is 13.7. The summed E-state index contributed by atoms with van der Waals surface area (Å²) in [7, 11) is 0. The normalized spacial score (nSPS) is 13.0. The van der Waals surface area contributed by atoms with Crippen LogP contribution in [0.1, 0.15) is 56.6 Å². The van der Waals surface area contributed by atoms with Gasteiger partial charge in [0.1, 0.15) is 0 Å². The standard InChI is InChI=1S/C27H27ClN4O3S2/c1-2-35-25(34)23-22(12-5-6-14-28)37-27(30-23)32-15-13-17-8-7-9-18(19(17)16-32)24(33)31-26-29-20-10-3-4-11-21(20)36-26/h3-4,7-11H,2,5-6,12-16H2,1H3,(H,29,31,33). The van der Waals surface area contributed by atoms with Crippen molar-refractivity contribution in [3.05, 3.63) is 69.7 Å². The highest BCUT2D eigenvalue weighted by Crippen LogP contribution is 2.33. The molecule has 192 valence electrons. The van der Waals surface area contributed by atoms with E-state index in [-0.39, 0.29) is 11.9 Å². The minimum absolute atomic E-state index is 0.175. The number of hydrogen-bond donors (Lipinski definition) is 1. The van der Waals surface area contributed by atoms with Crippen LogP contribution in [0, 0.1) is 0 Å². The lowest BCUT2D eigenvalue weighted by molar-refractivity contribution is 0.0519. The Bertz CT molecular complexity index is 1400. The topological polar surface area (TPSA) is 84.4 Å². The highest BCUT2D eigenvalue weighted by Gasteiger charge is 2.27. The number of halogens is 1. The first-order chi connectivity index (χ1) is 18.1. The highest BCUT2D eigenvalue weighted by atomic mass is 35.5. The molecular formula is C27H27ClN4O3S2. The van der Waals surface area contributed by atoms with E-state index in [9.17, 15) is 9.59 Å². The second-order valence-corrected chi connectivity index (χ2v) is 11.2. The molecule has 0 unspecified atom stereocenters. The second kappa shape index (κ2) is 11.6. The van der Waals surface area contributed by atoms with Gasteiger partial charge in [0.25, 0.3) is 5.91 Å². The molecule has 0 spiro atoms. The Hall–Kier alpha value is -3.01. The quantitative estimate of drug-likeness (QED) is 0.148. The first-order valence-corrected chi connectivity index (χ1v) is 14.5. The maximum atomic E-state index is 13.3. The maximum Gasteiger partial charge on any atom is 0.358 e. The van der Waals surface area contributed by atoms with Crippen molar-refractivity contribution in [3.8, 4) is 0 Å². The minimum atomic E-state index is -0.390. The predicted octanol–water partition coefficient (Wildman–Crippen LogP) is 6.31. The molecule has 5 rings (SSSR count). The van der Waals surface area contributed by atoms with Gasteiger partial charge >= 0.3 is 5.97 Å². The number of thiazole rings is 2. The fourth-order valence-corrected chi connectivity index (χ4v) is 6.59. The van der Waals surface area contributed by atoms with Crippen LogP contribution in [0.3, 0.4) is 0 Å². The number of aryl methyl sites for hydroxylation is 1. The number of hydrogen-bond acceptors (Lipinski definition) is 8. The fourth-order valence-electron chi connectivity index (χ4n) is 4.43. The lowest BCUT2D eigenvalue weighted by Gasteiger charge is -2.29. The number of nitrogens with zero attached hydrogens (tertiary/aromatic N) is 3. The number of alkyl halides is 1. The Balaban J connectivity index is 1.39. The second-order valence-electron chi connectivity index (χ2n) is 8.69. The number of amides is 1. The molecule has 4 aromatic rings. The van der Waals surface area contributed by atoms with Crippen LogP contribution in [-0.2, 0) is 24.1 Å². The summed E-state index contributed by atoms with van der Waals surface area (Å²) >= 11 is 8.85. The number of nitrogens with one attached hydrogen (secondary N) is 1. The number of para-hydroxylation sites is 1. The summed E-state index contributed by atoms with van der Waals surface area (Å²) < 4.78 is 6.29. The van der Waals surface area contributed by atoms with Crippen molar-refractivity contribution in [2.24, 2.45) is 0 Å². The number of anilines is 2. The fraction of sp³-hybridized carbons (Fsp3) is 0.333. The van der Waals surface area contributed by atoms with E-state index in [1.807, 2.05) is 36.4 Å². The van der Waals surface area contributed by atoms with Gasteiger partial charge in [0, 0.05) is 29.4 Å². The van der Waals surface area contributed by atoms with Gasteiger partial charge in [-0.25, -0.2) is 14.8 Å². The first-order valence-electron chi connectivity index (χ1n) is 12.3. The van der Waals surface area contributed by atoms with Gasteiger partial charge in [-0.2, -0.15) is 0 Å². The van der Waals surface area contributed by atoms with Crippen molar-refractivity contribution in [3.63, 3.8) is 0 Å². The zero-order chi connectivity index (χ0) is 25.8. The Morgan fingerprint density at radius 1 is 1.11 bits per heavy atom. The first kappa shape index (κ1) is 25.6. The summed E-state index contributed by atoms with van der Waals surface area (Å²) in [6.07, 6.45) is 3.28. The van der Waals surface area contributed by atoms with Crippen molar-refractivity contribution in [2.45, 2.75) is 39.2 Å². The van der Waals surface area contributed by atoms with Gasteiger partial charge < -0.3 is 9.64 Å². The molecule has 10 heteroatoms. The summed E-state index contributed by atoms with van der Waals surface area (Å²) in [4.78, 5) is 38.2. The molecule has 0 saturated heterocycles. The van der Waals surface area contributed by atoms with Crippen molar-refractivity contribution in [1.29, 1.82) is 0 Å². The van der Waals surface area contributed by atoms with E-state index in [1.54, 1.807) is 6.92 Å². The Morgan fingerprint density at radius 2 is 1.97 bits per heavy atom. The van der Waals surface area contributed by atoms with Gasteiger partial charge in [-0.3, -0.25) is 10.1 Å². The highest BCUT2D eigenvalue weighted by molar-refractivity contribution is 7.22. The molecule has 1 aliphatic rings. The van der Waals surface area contributed by atoms with Crippen LogP contribution < -0.4 is 10.2 Å². The van der Waals surface area contributed by atoms with Crippen LogP contribution in [-0.4, -0.2) is 40.9 Å². The summed E-state index contributed by atoms with van der Waals surface area (Å²) in [6.45, 7) is 3.39. The van der Waals surface area contributed by atoms with E-state index in [1.165, 1.54) is 22.7 Å². The predicted molar refractivity (Wildman–Crippen MR) is 150 cm³/mol. The van der Waals surface area contributed by atoms with E-state index < -0.39 is 0 Å². The molecular weight excluding hydrogens is 528 g/mol. The maximum absolute atomic E-state index is 13.3. The number of rotatable bonds is 9. The molecule has 2 aromatic heterocycles. The molecule has 1 N–H and O–H groups in total. The van der Waals surface area contributed by atoms with Gasteiger partial charge in [0.2, 0.25) is 0 Å². The van der Waals surface area contributed by atoms with E-state index in [2.05, 4.69) is 21.3 Å². The van der Waals surface area contributed by atoms with E-state index in [0.29, 0.717) is 35.4 Å². The smallest absolute Gasteiger partial charge is 0.358 e. The van der Waals surface area contributed by atoms with Crippen LogP contribution in [0.25, 0.3) is 10.2 Å². The zero-order valence-corrected chi connectivity index (χ0v) is 22.8. The monoisotopic (exact) mass is 554 g/mol. The Morgan fingerprint density at radius 3 is 2.78 bits per heavy atom. The molecule has 3 heterocycles. The van der Waals surface area contributed by atoms with Crippen LogP contribution in [0.4, 0.5) is 10.3 Å². The molecule has 1 aliphatic heterocycles. The number of esters is 1. The van der Waals surface area contributed by atoms with Gasteiger partial charge in [0.05, 0.1) is 16.8 Å². The third-order valence-corrected chi connectivity index (χ3v) is 8.64. The summed E-state index contributed by atoms with van der Waals surface area (Å²) in [5, 5.41) is 4.34. The molecule has 0 radical (unpaired) electrons. The third-order valence-electron chi connectivity index (χ3n) is 6.24. The van der Waals surface area contributed by atoms with Crippen molar-refractivity contribution in [2.75, 3.05) is 29.2 Å². The molecule has 0 bridgehead atoms. The number of benzene rings is 2. The Labute approximate surface area is 228 Å². The SMILES string of the molecule is CCOC(=O)c1nc(N2CCc3cccc(C(=O)Nc4nc5ccccc5s4)c3C2)sc1CCCCCl. The van der Waals surface area contributed by atoms with Gasteiger partial charge in [0.15, 0.2) is 16.0 Å². The number of ether oxygens (including phenoxy) is 1. The molecule has 37 heavy (non-hydrogen) atoms. The molecule has 7 nitrogen and oxygen atoms in total. The lowest BCUT2D eigenvalue weighted by atomic mass is 9.94. The molecule has 0 fully saturated rings. The average Bonchev–Trinajstić information content (AvgIpc) is 3.52. The molecule has 2 aromatic carbocycles. The summed E-state index contributed by atoms with van der Waals surface area (Å²) in [5.41, 5.74) is 4.02.